The van der Waals surface area contributed by atoms with Crippen LogP contribution in [0.4, 0.5) is 5.82 Å². The highest BCUT2D eigenvalue weighted by molar-refractivity contribution is 7.18. The van der Waals surface area contributed by atoms with Crippen molar-refractivity contribution in [3.8, 4) is 0 Å². The molecule has 0 aromatic carbocycles. The second-order valence-electron chi connectivity index (χ2n) is 4.82. The zero-order valence-corrected chi connectivity index (χ0v) is 14.4. The fourth-order valence-electron chi connectivity index (χ4n) is 2.19. The molecule has 7 heteroatoms. The summed E-state index contributed by atoms with van der Waals surface area (Å²) in [5.41, 5.74) is 1.05. The molecule has 0 unspecified atom stereocenters. The number of hydrogen-bond donors (Lipinski definition) is 0. The molecule has 0 radical (unpaired) electrons. The zero-order chi connectivity index (χ0) is 15.0. The lowest BCUT2D eigenvalue weighted by Crippen LogP contribution is -2.18. The van der Waals surface area contributed by atoms with Crippen molar-refractivity contribution in [1.29, 1.82) is 0 Å². The standard InChI is InChI=1S/C14H15ClN4S2/c1-4-10-5-11-12(17-14(15)18-13(11)21-10)19(3)6-9-7-20-8(2)16-9/h5,7H,4,6H2,1-3H3. The number of aromatic nitrogens is 3. The number of rotatable bonds is 4. The van der Waals surface area contributed by atoms with Crippen LogP contribution in [0.15, 0.2) is 11.4 Å². The summed E-state index contributed by atoms with van der Waals surface area (Å²) in [4.78, 5) is 17.6. The van der Waals surface area contributed by atoms with Crippen LogP contribution in [-0.4, -0.2) is 22.0 Å². The van der Waals surface area contributed by atoms with E-state index in [4.69, 9.17) is 11.6 Å². The largest absolute Gasteiger partial charge is 0.353 e. The van der Waals surface area contributed by atoms with Gasteiger partial charge in [-0.1, -0.05) is 6.92 Å². The molecule has 110 valence electrons. The molecule has 0 aliphatic carbocycles. The first-order valence-electron chi connectivity index (χ1n) is 6.65. The van der Waals surface area contributed by atoms with Crippen LogP contribution in [0.25, 0.3) is 10.2 Å². The van der Waals surface area contributed by atoms with E-state index in [2.05, 4.69) is 38.2 Å². The van der Waals surface area contributed by atoms with Crippen LogP contribution in [0.2, 0.25) is 5.28 Å². The van der Waals surface area contributed by atoms with Crippen molar-refractivity contribution in [1.82, 2.24) is 15.0 Å². The Hall–Kier alpha value is -1.24. The van der Waals surface area contributed by atoms with Gasteiger partial charge in [0.25, 0.3) is 0 Å². The van der Waals surface area contributed by atoms with E-state index >= 15 is 0 Å². The molecule has 0 saturated carbocycles. The van der Waals surface area contributed by atoms with E-state index in [0.717, 1.165) is 33.2 Å². The van der Waals surface area contributed by atoms with Gasteiger partial charge in [0.1, 0.15) is 10.6 Å². The highest BCUT2D eigenvalue weighted by atomic mass is 35.5. The molecule has 0 amide bonds. The van der Waals surface area contributed by atoms with E-state index in [0.29, 0.717) is 11.8 Å². The Balaban J connectivity index is 1.99. The third-order valence-electron chi connectivity index (χ3n) is 3.17. The second kappa shape index (κ2) is 5.87. The molecule has 0 aliphatic rings. The number of fused-ring (bicyclic) bond motifs is 1. The maximum absolute atomic E-state index is 6.07. The van der Waals surface area contributed by atoms with Crippen molar-refractivity contribution in [3.05, 3.63) is 32.3 Å². The summed E-state index contributed by atoms with van der Waals surface area (Å²) in [6.07, 6.45) is 0.993. The molecule has 0 bridgehead atoms. The molecule has 0 saturated heterocycles. The summed E-state index contributed by atoms with van der Waals surface area (Å²) in [5.74, 6) is 0.867. The third-order valence-corrected chi connectivity index (χ3v) is 5.34. The Morgan fingerprint density at radius 1 is 1.29 bits per heavy atom. The van der Waals surface area contributed by atoms with Crippen molar-refractivity contribution >= 4 is 50.3 Å². The number of hydrogen-bond acceptors (Lipinski definition) is 6. The molecule has 3 heterocycles. The van der Waals surface area contributed by atoms with E-state index in [1.165, 1.54) is 4.88 Å². The Morgan fingerprint density at radius 2 is 2.10 bits per heavy atom. The van der Waals surface area contributed by atoms with Gasteiger partial charge in [0.2, 0.25) is 5.28 Å². The molecule has 4 nitrogen and oxygen atoms in total. The molecule has 21 heavy (non-hydrogen) atoms. The number of aryl methyl sites for hydroxylation is 2. The lowest BCUT2D eigenvalue weighted by atomic mass is 10.3. The minimum atomic E-state index is 0.295. The molecule has 0 atom stereocenters. The first-order chi connectivity index (χ1) is 10.1. The highest BCUT2D eigenvalue weighted by Gasteiger charge is 2.15. The monoisotopic (exact) mass is 338 g/mol. The van der Waals surface area contributed by atoms with Gasteiger partial charge in [-0.3, -0.25) is 0 Å². The quantitative estimate of drug-likeness (QED) is 0.665. The summed E-state index contributed by atoms with van der Waals surface area (Å²) in [7, 11) is 2.01. The molecule has 0 aliphatic heterocycles. The van der Waals surface area contributed by atoms with Crippen LogP contribution in [0.1, 0.15) is 22.5 Å². The molecule has 3 rings (SSSR count). The minimum absolute atomic E-state index is 0.295. The first kappa shape index (κ1) is 14.7. The van der Waals surface area contributed by atoms with Gasteiger partial charge in [-0.05, 0) is 31.0 Å². The van der Waals surface area contributed by atoms with Gasteiger partial charge >= 0.3 is 0 Å². The summed E-state index contributed by atoms with van der Waals surface area (Å²) in [6, 6.07) is 2.16. The average Bonchev–Trinajstić information content (AvgIpc) is 3.03. The van der Waals surface area contributed by atoms with Gasteiger partial charge in [0, 0.05) is 17.3 Å². The fourth-order valence-corrected chi connectivity index (χ4v) is 3.98. The van der Waals surface area contributed by atoms with Crippen LogP contribution in [-0.2, 0) is 13.0 Å². The van der Waals surface area contributed by atoms with Crippen LogP contribution in [0.5, 0.6) is 0 Å². The molecule has 0 fully saturated rings. The maximum atomic E-state index is 6.07. The zero-order valence-electron chi connectivity index (χ0n) is 12.1. The number of anilines is 1. The van der Waals surface area contributed by atoms with E-state index in [1.54, 1.807) is 22.7 Å². The number of thiazole rings is 1. The van der Waals surface area contributed by atoms with Crippen LogP contribution < -0.4 is 4.90 Å². The van der Waals surface area contributed by atoms with Gasteiger partial charge < -0.3 is 4.90 Å². The van der Waals surface area contributed by atoms with Gasteiger partial charge in [0.15, 0.2) is 0 Å². The first-order valence-corrected chi connectivity index (χ1v) is 8.72. The van der Waals surface area contributed by atoms with Crippen LogP contribution in [0.3, 0.4) is 0 Å². The Labute approximate surface area is 136 Å². The van der Waals surface area contributed by atoms with E-state index in [9.17, 15) is 0 Å². The van der Waals surface area contributed by atoms with E-state index in [-0.39, 0.29) is 0 Å². The maximum Gasteiger partial charge on any atom is 0.225 e. The Bertz CT molecular complexity index is 780. The number of halogens is 1. The third kappa shape index (κ3) is 3.02. The summed E-state index contributed by atoms with van der Waals surface area (Å²) < 4.78 is 0. The van der Waals surface area contributed by atoms with Crippen LogP contribution in [0, 0.1) is 6.92 Å². The second-order valence-corrected chi connectivity index (χ2v) is 7.33. The molecule has 3 aromatic heterocycles. The Kier molecular flexibility index (Phi) is 4.10. The van der Waals surface area contributed by atoms with Crippen LogP contribution >= 0.6 is 34.3 Å². The molecular weight excluding hydrogens is 324 g/mol. The fraction of sp³-hybridized carbons (Fsp3) is 0.357. The topological polar surface area (TPSA) is 41.9 Å². The predicted molar refractivity (Wildman–Crippen MR) is 90.8 cm³/mol. The predicted octanol–water partition coefficient (Wildman–Crippen LogP) is 4.31. The van der Waals surface area contributed by atoms with Crippen molar-refractivity contribution in [2.24, 2.45) is 0 Å². The Morgan fingerprint density at radius 3 is 2.76 bits per heavy atom. The molecule has 0 N–H and O–H groups in total. The van der Waals surface area contributed by atoms with Crippen molar-refractivity contribution in [2.75, 3.05) is 11.9 Å². The normalized spacial score (nSPS) is 11.2. The summed E-state index contributed by atoms with van der Waals surface area (Å²) >= 11 is 9.41. The summed E-state index contributed by atoms with van der Waals surface area (Å²) in [5, 5.41) is 4.52. The average molecular weight is 339 g/mol. The van der Waals surface area contributed by atoms with Gasteiger partial charge in [-0.2, -0.15) is 4.98 Å². The summed E-state index contributed by atoms with van der Waals surface area (Å²) in [6.45, 7) is 4.87. The van der Waals surface area contributed by atoms with Crippen molar-refractivity contribution in [2.45, 2.75) is 26.8 Å². The smallest absolute Gasteiger partial charge is 0.225 e. The molecule has 0 spiro atoms. The van der Waals surface area contributed by atoms with Gasteiger partial charge in [0.05, 0.1) is 22.6 Å². The van der Waals surface area contributed by atoms with Gasteiger partial charge in [-0.25, -0.2) is 9.97 Å². The van der Waals surface area contributed by atoms with Crippen molar-refractivity contribution in [3.63, 3.8) is 0 Å². The number of thiophene rings is 1. The lowest BCUT2D eigenvalue weighted by Gasteiger charge is -2.17. The molecule has 3 aromatic rings. The van der Waals surface area contributed by atoms with E-state index < -0.39 is 0 Å². The highest BCUT2D eigenvalue weighted by Crippen LogP contribution is 2.32. The van der Waals surface area contributed by atoms with Crippen molar-refractivity contribution < 1.29 is 0 Å². The van der Waals surface area contributed by atoms with Gasteiger partial charge in [-0.15, -0.1) is 22.7 Å². The minimum Gasteiger partial charge on any atom is -0.353 e. The number of nitrogens with zero attached hydrogens (tertiary/aromatic N) is 4. The molecular formula is C14H15ClN4S2. The SMILES string of the molecule is CCc1cc2c(N(C)Cc3csc(C)n3)nc(Cl)nc2s1. The van der Waals surface area contributed by atoms with E-state index in [1.807, 2.05) is 14.0 Å². The lowest BCUT2D eigenvalue weighted by molar-refractivity contribution is 0.873.